The largest absolute Gasteiger partial charge is 0.348 e. The number of aryl methyl sites for hydroxylation is 1. The fourth-order valence-electron chi connectivity index (χ4n) is 1.46. The SMILES string of the molecule is CCn1cc(Nc2c(F)c(F)c(F)c(F)c2F)cn1. The molecule has 0 saturated carbocycles. The molecule has 0 fully saturated rings. The third kappa shape index (κ3) is 2.25. The van der Waals surface area contributed by atoms with Gasteiger partial charge in [0.1, 0.15) is 5.69 Å². The van der Waals surface area contributed by atoms with Crippen molar-refractivity contribution in [1.82, 2.24) is 9.78 Å². The van der Waals surface area contributed by atoms with Gasteiger partial charge in [0.25, 0.3) is 0 Å². The van der Waals surface area contributed by atoms with Crippen molar-refractivity contribution in [3.8, 4) is 0 Å². The van der Waals surface area contributed by atoms with Gasteiger partial charge in [-0.25, -0.2) is 22.0 Å². The van der Waals surface area contributed by atoms with E-state index in [1.165, 1.54) is 17.1 Å². The van der Waals surface area contributed by atoms with Crippen molar-refractivity contribution in [2.24, 2.45) is 0 Å². The van der Waals surface area contributed by atoms with Crippen LogP contribution in [0.2, 0.25) is 0 Å². The minimum absolute atomic E-state index is 0.116. The molecule has 1 N–H and O–H groups in total. The van der Waals surface area contributed by atoms with Crippen LogP contribution in [0.25, 0.3) is 0 Å². The van der Waals surface area contributed by atoms with Crippen LogP contribution < -0.4 is 5.32 Å². The molecular weight excluding hydrogens is 269 g/mol. The van der Waals surface area contributed by atoms with Crippen molar-refractivity contribution in [3.05, 3.63) is 41.5 Å². The number of anilines is 2. The lowest BCUT2D eigenvalue weighted by molar-refractivity contribution is 0.382. The Kier molecular flexibility index (Phi) is 3.41. The van der Waals surface area contributed by atoms with E-state index in [2.05, 4.69) is 10.4 Å². The van der Waals surface area contributed by atoms with E-state index in [4.69, 9.17) is 0 Å². The maximum atomic E-state index is 13.4. The number of rotatable bonds is 3. The molecule has 1 aromatic heterocycles. The summed E-state index contributed by atoms with van der Waals surface area (Å²) in [5, 5.41) is 5.92. The van der Waals surface area contributed by atoms with E-state index in [1.807, 2.05) is 0 Å². The van der Waals surface area contributed by atoms with E-state index >= 15 is 0 Å². The Balaban J connectivity index is 2.45. The number of halogens is 5. The fraction of sp³-hybridized carbons (Fsp3) is 0.182. The zero-order valence-corrected chi connectivity index (χ0v) is 9.65. The van der Waals surface area contributed by atoms with Gasteiger partial charge in [-0.1, -0.05) is 0 Å². The second-order valence-electron chi connectivity index (χ2n) is 3.65. The highest BCUT2D eigenvalue weighted by Crippen LogP contribution is 2.29. The van der Waals surface area contributed by atoms with Crippen LogP contribution >= 0.6 is 0 Å². The van der Waals surface area contributed by atoms with E-state index in [-0.39, 0.29) is 5.69 Å². The van der Waals surface area contributed by atoms with E-state index in [9.17, 15) is 22.0 Å². The van der Waals surface area contributed by atoms with Gasteiger partial charge in [0.05, 0.1) is 11.9 Å². The van der Waals surface area contributed by atoms with Crippen molar-refractivity contribution < 1.29 is 22.0 Å². The van der Waals surface area contributed by atoms with Gasteiger partial charge in [-0.15, -0.1) is 0 Å². The number of aromatic nitrogens is 2. The van der Waals surface area contributed by atoms with Crippen LogP contribution in [-0.2, 0) is 6.54 Å². The molecule has 0 spiro atoms. The van der Waals surface area contributed by atoms with E-state index < -0.39 is 34.8 Å². The zero-order valence-electron chi connectivity index (χ0n) is 9.65. The van der Waals surface area contributed by atoms with E-state index in [1.54, 1.807) is 6.92 Å². The van der Waals surface area contributed by atoms with Crippen LogP contribution in [0.5, 0.6) is 0 Å². The molecule has 19 heavy (non-hydrogen) atoms. The van der Waals surface area contributed by atoms with Crippen LogP contribution in [0, 0.1) is 29.1 Å². The summed E-state index contributed by atoms with van der Waals surface area (Å²) in [4.78, 5) is 0. The summed E-state index contributed by atoms with van der Waals surface area (Å²) < 4.78 is 66.9. The van der Waals surface area contributed by atoms with Gasteiger partial charge in [-0.3, -0.25) is 4.68 Å². The van der Waals surface area contributed by atoms with Crippen LogP contribution in [0.15, 0.2) is 12.4 Å². The molecule has 0 amide bonds. The summed E-state index contributed by atoms with van der Waals surface area (Å²) in [6.45, 7) is 2.27. The average Bonchev–Trinajstić information content (AvgIpc) is 2.87. The maximum absolute atomic E-state index is 13.4. The molecule has 0 unspecified atom stereocenters. The molecule has 0 aliphatic heterocycles. The summed E-state index contributed by atoms with van der Waals surface area (Å²) in [6.07, 6.45) is 2.58. The molecule has 1 heterocycles. The summed E-state index contributed by atoms with van der Waals surface area (Å²) in [6, 6.07) is 0. The van der Waals surface area contributed by atoms with Crippen molar-refractivity contribution >= 4 is 11.4 Å². The molecule has 102 valence electrons. The Morgan fingerprint density at radius 3 is 2.00 bits per heavy atom. The van der Waals surface area contributed by atoms with Gasteiger partial charge >= 0.3 is 0 Å². The standard InChI is InChI=1S/C11H8F5N3/c1-2-19-4-5(3-17-19)18-11-9(15)7(13)6(12)8(14)10(11)16/h3-4,18H,2H2,1H3. The fourth-order valence-corrected chi connectivity index (χ4v) is 1.46. The summed E-state index contributed by atoms with van der Waals surface area (Å²) in [5.41, 5.74) is -0.989. The number of hydrogen-bond acceptors (Lipinski definition) is 2. The van der Waals surface area contributed by atoms with Crippen molar-refractivity contribution in [3.63, 3.8) is 0 Å². The Labute approximate surface area is 104 Å². The second kappa shape index (κ2) is 4.87. The summed E-state index contributed by atoms with van der Waals surface area (Å²) in [5.74, 6) is -10.0. The Bertz CT molecular complexity index is 594. The van der Waals surface area contributed by atoms with Gasteiger partial charge in [0, 0.05) is 12.7 Å². The van der Waals surface area contributed by atoms with Crippen molar-refractivity contribution in [1.29, 1.82) is 0 Å². The number of nitrogens with one attached hydrogen (secondary N) is 1. The molecule has 8 heteroatoms. The molecule has 3 nitrogen and oxygen atoms in total. The first-order valence-corrected chi connectivity index (χ1v) is 5.26. The second-order valence-corrected chi connectivity index (χ2v) is 3.65. The molecule has 0 aliphatic carbocycles. The lowest BCUT2D eigenvalue weighted by atomic mass is 10.2. The highest BCUT2D eigenvalue weighted by Gasteiger charge is 2.25. The Hall–Kier alpha value is -2.12. The van der Waals surface area contributed by atoms with E-state index in [0.29, 0.717) is 6.54 Å². The normalized spacial score (nSPS) is 10.8. The van der Waals surface area contributed by atoms with Crippen molar-refractivity contribution in [2.75, 3.05) is 5.32 Å². The maximum Gasteiger partial charge on any atom is 0.200 e. The molecule has 0 radical (unpaired) electrons. The molecule has 0 atom stereocenters. The highest BCUT2D eigenvalue weighted by molar-refractivity contribution is 5.59. The van der Waals surface area contributed by atoms with E-state index in [0.717, 1.165) is 0 Å². The molecule has 2 rings (SSSR count). The van der Waals surface area contributed by atoms with Crippen molar-refractivity contribution in [2.45, 2.75) is 13.5 Å². The number of nitrogens with zero attached hydrogens (tertiary/aromatic N) is 2. The van der Waals surface area contributed by atoms with Gasteiger partial charge < -0.3 is 5.32 Å². The van der Waals surface area contributed by atoms with Gasteiger partial charge in [-0.05, 0) is 6.92 Å². The topological polar surface area (TPSA) is 29.9 Å². The smallest absolute Gasteiger partial charge is 0.200 e. The minimum Gasteiger partial charge on any atom is -0.348 e. The van der Waals surface area contributed by atoms with Gasteiger partial charge in [0.15, 0.2) is 23.3 Å². The summed E-state index contributed by atoms with van der Waals surface area (Å²) in [7, 11) is 0. The van der Waals surface area contributed by atoms with Crippen LogP contribution in [0.1, 0.15) is 6.92 Å². The molecule has 0 saturated heterocycles. The van der Waals surface area contributed by atoms with Gasteiger partial charge in [0.2, 0.25) is 5.82 Å². The quantitative estimate of drug-likeness (QED) is 0.529. The van der Waals surface area contributed by atoms with Crippen LogP contribution in [0.3, 0.4) is 0 Å². The number of hydrogen-bond donors (Lipinski definition) is 1. The van der Waals surface area contributed by atoms with Crippen LogP contribution in [-0.4, -0.2) is 9.78 Å². The first kappa shape index (κ1) is 13.3. The molecule has 0 bridgehead atoms. The Morgan fingerprint density at radius 1 is 1.00 bits per heavy atom. The summed E-state index contributed by atoms with van der Waals surface area (Å²) >= 11 is 0. The Morgan fingerprint density at radius 2 is 1.53 bits per heavy atom. The lowest BCUT2D eigenvalue weighted by Crippen LogP contribution is -2.06. The molecule has 1 aromatic carbocycles. The first-order chi connectivity index (χ1) is 8.95. The highest BCUT2D eigenvalue weighted by atomic mass is 19.2. The molecular formula is C11H8F5N3. The third-order valence-electron chi connectivity index (χ3n) is 2.44. The molecule has 0 aliphatic rings. The minimum atomic E-state index is -2.19. The lowest BCUT2D eigenvalue weighted by Gasteiger charge is -2.08. The average molecular weight is 277 g/mol. The third-order valence-corrected chi connectivity index (χ3v) is 2.44. The van der Waals surface area contributed by atoms with Gasteiger partial charge in [-0.2, -0.15) is 5.10 Å². The van der Waals surface area contributed by atoms with Crippen LogP contribution in [0.4, 0.5) is 33.3 Å². The number of benzene rings is 1. The predicted molar refractivity (Wildman–Crippen MR) is 57.4 cm³/mol. The monoisotopic (exact) mass is 277 g/mol. The predicted octanol–water partition coefficient (Wildman–Crippen LogP) is 3.34. The molecule has 2 aromatic rings. The zero-order chi connectivity index (χ0) is 14.2. The first-order valence-electron chi connectivity index (χ1n) is 5.26.